The molecular weight excluding hydrogens is 544 g/mol. The first-order chi connectivity index (χ1) is 19.5. The van der Waals surface area contributed by atoms with Gasteiger partial charge in [0.2, 0.25) is 5.91 Å². The average molecular weight is 571 g/mol. The molecule has 3 heterocycles. The summed E-state index contributed by atoms with van der Waals surface area (Å²) in [5, 5.41) is 8.99. The van der Waals surface area contributed by atoms with Crippen molar-refractivity contribution in [2.24, 2.45) is 0 Å². The third kappa shape index (κ3) is 6.06. The third-order valence-electron chi connectivity index (χ3n) is 6.86. The zero-order valence-corrected chi connectivity index (χ0v) is 21.9. The minimum atomic E-state index is -4.68. The first kappa shape index (κ1) is 27.8. The van der Waals surface area contributed by atoms with E-state index in [1.165, 1.54) is 6.33 Å². The van der Waals surface area contributed by atoms with Crippen molar-refractivity contribution < 1.29 is 27.2 Å². The van der Waals surface area contributed by atoms with Crippen molar-refractivity contribution in [3.8, 4) is 11.1 Å². The van der Waals surface area contributed by atoms with Crippen molar-refractivity contribution in [3.63, 3.8) is 0 Å². The van der Waals surface area contributed by atoms with Gasteiger partial charge in [-0.25, -0.2) is 18.7 Å². The number of hydrogen-bond donors (Lipinski definition) is 3. The smallest absolute Gasteiger partial charge is 0.382 e. The highest BCUT2D eigenvalue weighted by Crippen LogP contribution is 2.33. The molecular formula is C27H26F4N8O2. The second kappa shape index (κ2) is 11.0. The van der Waals surface area contributed by atoms with E-state index in [9.17, 15) is 27.2 Å². The van der Waals surface area contributed by atoms with Crippen LogP contribution in [0.4, 0.5) is 39.5 Å². The number of hydrogen-bond acceptors (Lipinski definition) is 6. The van der Waals surface area contributed by atoms with Crippen molar-refractivity contribution in [1.29, 1.82) is 0 Å². The molecule has 2 aromatic heterocycles. The number of nitrogens with zero attached hydrogens (tertiary/aromatic N) is 5. The Morgan fingerprint density at radius 2 is 1.71 bits per heavy atom. The molecule has 1 aliphatic heterocycles. The average Bonchev–Trinajstić information content (AvgIpc) is 3.29. The number of rotatable bonds is 5. The molecule has 0 atom stereocenters. The number of benzene rings is 2. The molecule has 0 unspecified atom stereocenters. The van der Waals surface area contributed by atoms with Crippen LogP contribution in [0, 0.1) is 5.82 Å². The lowest BCUT2D eigenvalue weighted by Gasteiger charge is -2.33. The Kier molecular flexibility index (Phi) is 7.49. The van der Waals surface area contributed by atoms with Crippen molar-refractivity contribution in [2.45, 2.75) is 19.6 Å². The maximum Gasteiger partial charge on any atom is 0.416 e. The van der Waals surface area contributed by atoms with E-state index in [1.807, 2.05) is 11.0 Å². The largest absolute Gasteiger partial charge is 0.416 e. The normalized spacial score (nSPS) is 14.3. The molecule has 4 aromatic rings. The minimum absolute atomic E-state index is 0.0545. The zero-order valence-electron chi connectivity index (χ0n) is 21.9. The van der Waals surface area contributed by atoms with Gasteiger partial charge in [-0.2, -0.15) is 18.3 Å². The van der Waals surface area contributed by atoms with E-state index in [0.29, 0.717) is 49.0 Å². The second-order valence-corrected chi connectivity index (χ2v) is 9.59. The van der Waals surface area contributed by atoms with Gasteiger partial charge >= 0.3 is 12.2 Å². The van der Waals surface area contributed by atoms with Crippen LogP contribution in [0.15, 0.2) is 54.9 Å². The molecule has 4 N–H and O–H groups in total. The van der Waals surface area contributed by atoms with Crippen LogP contribution >= 0.6 is 0 Å². The number of carbonyl (C=O) groups excluding carboxylic acids is 2. The lowest BCUT2D eigenvalue weighted by Crippen LogP contribution is -2.47. The van der Waals surface area contributed by atoms with Gasteiger partial charge in [-0.05, 0) is 42.0 Å². The number of fused-ring (bicyclic) bond motifs is 1. The highest BCUT2D eigenvalue weighted by atomic mass is 19.4. The SMILES string of the molecule is CC(=O)N1CCN(Cc2cc(-c3ccc(NC(=O)Nc4cc(C(F)(F)F)ccc4F)cc3)c3c(N)ncnn23)CC1. The van der Waals surface area contributed by atoms with Gasteiger partial charge in [0.15, 0.2) is 5.82 Å². The molecule has 0 spiro atoms. The Balaban J connectivity index is 1.32. The summed E-state index contributed by atoms with van der Waals surface area (Å²) in [5.41, 5.74) is 7.88. The predicted molar refractivity (Wildman–Crippen MR) is 144 cm³/mol. The van der Waals surface area contributed by atoms with Crippen molar-refractivity contribution in [1.82, 2.24) is 24.4 Å². The van der Waals surface area contributed by atoms with E-state index in [-0.39, 0.29) is 11.7 Å². The number of amides is 3. The Bertz CT molecular complexity index is 1600. The van der Waals surface area contributed by atoms with Gasteiger partial charge in [0.05, 0.1) is 16.9 Å². The molecule has 0 bridgehead atoms. The lowest BCUT2D eigenvalue weighted by molar-refractivity contribution is -0.137. The van der Waals surface area contributed by atoms with Crippen molar-refractivity contribution in [3.05, 3.63) is 71.9 Å². The number of halogens is 4. The first-order valence-corrected chi connectivity index (χ1v) is 12.6. The van der Waals surface area contributed by atoms with E-state index in [1.54, 1.807) is 35.7 Å². The summed E-state index contributed by atoms with van der Waals surface area (Å²) in [5.74, 6) is -0.661. The number of nitrogens with two attached hydrogens (primary N) is 1. The summed E-state index contributed by atoms with van der Waals surface area (Å²) in [6, 6.07) is 9.49. The molecule has 2 aromatic carbocycles. The van der Waals surface area contributed by atoms with Gasteiger partial charge < -0.3 is 21.3 Å². The van der Waals surface area contributed by atoms with Gasteiger partial charge in [0, 0.05) is 50.9 Å². The quantitative estimate of drug-likeness (QED) is 0.305. The Labute approximate surface area is 231 Å². The lowest BCUT2D eigenvalue weighted by atomic mass is 10.1. The monoisotopic (exact) mass is 570 g/mol. The predicted octanol–water partition coefficient (Wildman–Crippen LogP) is 4.44. The molecule has 10 nitrogen and oxygen atoms in total. The number of nitrogens with one attached hydrogen (secondary N) is 2. The molecule has 0 aliphatic carbocycles. The number of nitrogen functional groups attached to an aromatic ring is 1. The summed E-state index contributed by atoms with van der Waals surface area (Å²) in [4.78, 5) is 32.2. The molecule has 1 saturated heterocycles. The molecule has 0 radical (unpaired) electrons. The van der Waals surface area contributed by atoms with Crippen molar-refractivity contribution >= 4 is 34.6 Å². The summed E-state index contributed by atoms with van der Waals surface area (Å²) in [6.07, 6.45) is -3.30. The van der Waals surface area contributed by atoms with Gasteiger partial charge in [0.1, 0.15) is 17.7 Å². The molecule has 14 heteroatoms. The molecule has 1 aliphatic rings. The Morgan fingerprint density at radius 3 is 2.37 bits per heavy atom. The van der Waals surface area contributed by atoms with Crippen LogP contribution in [-0.2, 0) is 17.5 Å². The summed E-state index contributed by atoms with van der Waals surface area (Å²) >= 11 is 0. The van der Waals surface area contributed by atoms with Gasteiger partial charge in [-0.3, -0.25) is 9.69 Å². The van der Waals surface area contributed by atoms with Crippen molar-refractivity contribution in [2.75, 3.05) is 42.5 Å². The fraction of sp³-hybridized carbons (Fsp3) is 0.259. The fourth-order valence-electron chi connectivity index (χ4n) is 4.73. The number of carbonyl (C=O) groups is 2. The topological polar surface area (TPSA) is 121 Å². The summed E-state index contributed by atoms with van der Waals surface area (Å²) in [6.45, 7) is 4.86. The third-order valence-corrected chi connectivity index (χ3v) is 6.86. The zero-order chi connectivity index (χ0) is 29.3. The highest BCUT2D eigenvalue weighted by Gasteiger charge is 2.31. The molecule has 214 valence electrons. The van der Waals surface area contributed by atoms with E-state index in [4.69, 9.17) is 5.73 Å². The summed E-state index contributed by atoms with van der Waals surface area (Å²) < 4.78 is 54.6. The van der Waals surface area contributed by atoms with Crippen LogP contribution < -0.4 is 16.4 Å². The van der Waals surface area contributed by atoms with Gasteiger partial charge in [-0.1, -0.05) is 12.1 Å². The number of piperazine rings is 1. The molecule has 5 rings (SSSR count). The van der Waals surface area contributed by atoms with Crippen LogP contribution in [-0.4, -0.2) is 62.5 Å². The van der Waals surface area contributed by atoms with Gasteiger partial charge in [-0.15, -0.1) is 0 Å². The van der Waals surface area contributed by atoms with Crippen LogP contribution in [0.3, 0.4) is 0 Å². The second-order valence-electron chi connectivity index (χ2n) is 9.59. The number of aromatic nitrogens is 3. The van der Waals surface area contributed by atoms with Crippen LogP contribution in [0.25, 0.3) is 16.6 Å². The number of urea groups is 1. The van der Waals surface area contributed by atoms with E-state index >= 15 is 0 Å². The maximum atomic E-state index is 14.0. The van der Waals surface area contributed by atoms with E-state index < -0.39 is 29.3 Å². The maximum absolute atomic E-state index is 14.0. The van der Waals surface area contributed by atoms with Crippen LogP contribution in [0.2, 0.25) is 0 Å². The van der Waals surface area contributed by atoms with Gasteiger partial charge in [0.25, 0.3) is 0 Å². The number of anilines is 3. The standard InChI is InChI=1S/C27H26F4N8O2/c1-16(40)38-10-8-37(9-11-38)14-20-13-21(24-25(32)33-15-34-39(20)24)17-2-5-19(6-3-17)35-26(41)36-23-12-18(27(29,30)31)4-7-22(23)28/h2-7,12-13,15H,8-11,14H2,1H3,(H2,32,33,34)(H2,35,36,41). The number of alkyl halides is 3. The molecule has 0 saturated carbocycles. The van der Waals surface area contributed by atoms with Crippen LogP contribution in [0.5, 0.6) is 0 Å². The van der Waals surface area contributed by atoms with E-state index in [0.717, 1.165) is 29.9 Å². The van der Waals surface area contributed by atoms with E-state index in [2.05, 4.69) is 25.6 Å². The first-order valence-electron chi connectivity index (χ1n) is 12.6. The fourth-order valence-corrected chi connectivity index (χ4v) is 4.73. The Hall–Kier alpha value is -4.72. The minimum Gasteiger partial charge on any atom is -0.382 e. The summed E-state index contributed by atoms with van der Waals surface area (Å²) in [7, 11) is 0. The molecule has 3 amide bonds. The molecule has 41 heavy (non-hydrogen) atoms. The molecule has 1 fully saturated rings. The van der Waals surface area contributed by atoms with Crippen LogP contribution in [0.1, 0.15) is 18.2 Å². The highest BCUT2D eigenvalue weighted by molar-refractivity contribution is 6.00. The Morgan fingerprint density at radius 1 is 1.00 bits per heavy atom.